The van der Waals surface area contributed by atoms with E-state index in [4.69, 9.17) is 15.2 Å². The molecule has 0 atom stereocenters. The van der Waals surface area contributed by atoms with Gasteiger partial charge >= 0.3 is 0 Å². The first-order valence-corrected chi connectivity index (χ1v) is 10.1. The molecule has 0 spiro atoms. The summed E-state index contributed by atoms with van der Waals surface area (Å²) in [7, 11) is -2.10. The molecule has 0 fully saturated rings. The lowest BCUT2D eigenvalue weighted by Crippen LogP contribution is -2.23. The third kappa shape index (κ3) is 5.03. The molecule has 0 amide bonds. The summed E-state index contributed by atoms with van der Waals surface area (Å²) in [6, 6.07) is 21.1. The van der Waals surface area contributed by atoms with Crippen LogP contribution < -0.4 is 19.9 Å². The average molecular weight is 398 g/mol. The molecule has 0 aliphatic heterocycles. The number of benzene rings is 3. The summed E-state index contributed by atoms with van der Waals surface area (Å²) in [6.45, 7) is 0.451. The van der Waals surface area contributed by atoms with Crippen LogP contribution >= 0.6 is 0 Å². The number of hydrogen-bond donors (Lipinski definition) is 2. The second-order valence-electron chi connectivity index (χ2n) is 6.14. The van der Waals surface area contributed by atoms with Crippen LogP contribution in [0.25, 0.3) is 0 Å². The summed E-state index contributed by atoms with van der Waals surface area (Å²) in [5.74, 6) is 1.19. The van der Waals surface area contributed by atoms with E-state index in [1.165, 1.54) is 12.1 Å². The van der Waals surface area contributed by atoms with Crippen molar-refractivity contribution in [3.8, 4) is 11.5 Å². The standard InChI is InChI=1S/C21H22N2O4S/c1-26-19-10-7-17(21(13-19)27-15-16-5-3-2-4-6-16)14-23-28(24,25)20-11-8-18(22)9-12-20/h2-13,23H,14-15,22H2,1H3. The summed E-state index contributed by atoms with van der Waals surface area (Å²) in [4.78, 5) is 0.155. The molecule has 0 saturated carbocycles. The van der Waals surface area contributed by atoms with Crippen LogP contribution in [0.4, 0.5) is 5.69 Å². The van der Waals surface area contributed by atoms with Crippen LogP contribution in [0.1, 0.15) is 11.1 Å². The average Bonchev–Trinajstić information content (AvgIpc) is 2.72. The molecule has 0 aliphatic rings. The Morgan fingerprint density at radius 3 is 2.36 bits per heavy atom. The highest BCUT2D eigenvalue weighted by molar-refractivity contribution is 7.89. The van der Waals surface area contributed by atoms with Gasteiger partial charge in [0.05, 0.1) is 12.0 Å². The number of hydrogen-bond acceptors (Lipinski definition) is 5. The number of rotatable bonds is 8. The zero-order valence-electron chi connectivity index (χ0n) is 15.5. The van der Waals surface area contributed by atoms with Gasteiger partial charge in [0.1, 0.15) is 18.1 Å². The third-order valence-corrected chi connectivity index (χ3v) is 5.57. The zero-order chi connectivity index (χ0) is 20.0. The van der Waals surface area contributed by atoms with Crippen LogP contribution in [-0.4, -0.2) is 15.5 Å². The molecular weight excluding hydrogens is 376 g/mol. The maximum Gasteiger partial charge on any atom is 0.240 e. The van der Waals surface area contributed by atoms with E-state index in [-0.39, 0.29) is 11.4 Å². The monoisotopic (exact) mass is 398 g/mol. The first kappa shape index (κ1) is 19.7. The van der Waals surface area contributed by atoms with Crippen LogP contribution in [0.3, 0.4) is 0 Å². The summed E-state index contributed by atoms with van der Waals surface area (Å²) in [5.41, 5.74) is 7.84. The number of nitrogen functional groups attached to an aromatic ring is 1. The summed E-state index contributed by atoms with van der Waals surface area (Å²) >= 11 is 0. The lowest BCUT2D eigenvalue weighted by atomic mass is 10.2. The number of sulfonamides is 1. The van der Waals surface area contributed by atoms with Gasteiger partial charge in [-0.15, -0.1) is 0 Å². The Balaban J connectivity index is 1.76. The molecule has 28 heavy (non-hydrogen) atoms. The minimum absolute atomic E-state index is 0.0842. The van der Waals surface area contributed by atoms with Crippen molar-refractivity contribution in [2.45, 2.75) is 18.0 Å². The van der Waals surface area contributed by atoms with Gasteiger partial charge in [-0.25, -0.2) is 13.1 Å². The minimum Gasteiger partial charge on any atom is -0.497 e. The number of methoxy groups -OCH3 is 1. The van der Waals surface area contributed by atoms with Crippen molar-refractivity contribution >= 4 is 15.7 Å². The molecule has 3 aromatic carbocycles. The fourth-order valence-electron chi connectivity index (χ4n) is 2.58. The molecule has 7 heteroatoms. The molecule has 3 aromatic rings. The van der Waals surface area contributed by atoms with E-state index in [0.29, 0.717) is 29.4 Å². The van der Waals surface area contributed by atoms with Gasteiger partial charge < -0.3 is 15.2 Å². The fourth-order valence-corrected chi connectivity index (χ4v) is 3.59. The Labute approximate surface area is 165 Å². The van der Waals surface area contributed by atoms with E-state index >= 15 is 0 Å². The smallest absolute Gasteiger partial charge is 0.240 e. The van der Waals surface area contributed by atoms with E-state index in [1.807, 2.05) is 30.3 Å². The van der Waals surface area contributed by atoms with Gasteiger partial charge in [-0.3, -0.25) is 0 Å². The van der Waals surface area contributed by atoms with Gasteiger partial charge in [0.25, 0.3) is 0 Å². The van der Waals surface area contributed by atoms with E-state index < -0.39 is 10.0 Å². The first-order valence-electron chi connectivity index (χ1n) is 8.67. The molecule has 6 nitrogen and oxygen atoms in total. The predicted octanol–water partition coefficient (Wildman–Crippen LogP) is 3.33. The van der Waals surface area contributed by atoms with E-state index in [1.54, 1.807) is 37.4 Å². The highest BCUT2D eigenvalue weighted by atomic mass is 32.2. The van der Waals surface area contributed by atoms with Crippen molar-refractivity contribution < 1.29 is 17.9 Å². The molecule has 0 heterocycles. The van der Waals surface area contributed by atoms with Crippen LogP contribution in [0.5, 0.6) is 11.5 Å². The Hall–Kier alpha value is -3.03. The Kier molecular flexibility index (Phi) is 6.18. The number of anilines is 1. The lowest BCUT2D eigenvalue weighted by molar-refractivity contribution is 0.300. The van der Waals surface area contributed by atoms with E-state index in [2.05, 4.69) is 4.72 Å². The van der Waals surface area contributed by atoms with Crippen molar-refractivity contribution in [1.29, 1.82) is 0 Å². The van der Waals surface area contributed by atoms with E-state index in [0.717, 1.165) is 5.56 Å². The molecule has 0 bridgehead atoms. The minimum atomic E-state index is -3.67. The van der Waals surface area contributed by atoms with Crippen LogP contribution in [0, 0.1) is 0 Å². The van der Waals surface area contributed by atoms with Gasteiger partial charge in [0.2, 0.25) is 10.0 Å². The van der Waals surface area contributed by atoms with Crippen molar-refractivity contribution in [3.05, 3.63) is 83.9 Å². The van der Waals surface area contributed by atoms with Crippen molar-refractivity contribution in [3.63, 3.8) is 0 Å². The molecule has 146 valence electrons. The number of nitrogens with two attached hydrogens (primary N) is 1. The zero-order valence-corrected chi connectivity index (χ0v) is 16.3. The van der Waals surface area contributed by atoms with Gasteiger partial charge in [-0.1, -0.05) is 36.4 Å². The Bertz CT molecular complexity index is 1020. The molecule has 0 radical (unpaired) electrons. The molecule has 0 saturated heterocycles. The van der Waals surface area contributed by atoms with Crippen LogP contribution in [0.2, 0.25) is 0 Å². The summed E-state index contributed by atoms with van der Waals surface area (Å²) < 4.78 is 38.8. The molecule has 0 aliphatic carbocycles. The van der Waals surface area contributed by atoms with Gasteiger partial charge in [-0.05, 0) is 35.9 Å². The van der Waals surface area contributed by atoms with Gasteiger partial charge in [-0.2, -0.15) is 0 Å². The third-order valence-electron chi connectivity index (χ3n) is 4.15. The van der Waals surface area contributed by atoms with E-state index in [9.17, 15) is 8.42 Å². The molecular formula is C21H22N2O4S. The molecule has 0 aromatic heterocycles. The number of nitrogens with one attached hydrogen (secondary N) is 1. The predicted molar refractivity (Wildman–Crippen MR) is 109 cm³/mol. The van der Waals surface area contributed by atoms with Gasteiger partial charge in [0, 0.05) is 23.9 Å². The Morgan fingerprint density at radius 2 is 1.68 bits per heavy atom. The van der Waals surface area contributed by atoms with Gasteiger partial charge in [0.15, 0.2) is 0 Å². The lowest BCUT2D eigenvalue weighted by Gasteiger charge is -2.14. The molecule has 3 N–H and O–H groups in total. The maximum atomic E-state index is 12.5. The summed E-state index contributed by atoms with van der Waals surface area (Å²) in [6.07, 6.45) is 0. The van der Waals surface area contributed by atoms with Crippen LogP contribution in [0.15, 0.2) is 77.7 Å². The van der Waals surface area contributed by atoms with Crippen molar-refractivity contribution in [1.82, 2.24) is 4.72 Å². The first-order chi connectivity index (χ1) is 13.5. The fraction of sp³-hybridized carbons (Fsp3) is 0.143. The largest absolute Gasteiger partial charge is 0.497 e. The maximum absolute atomic E-state index is 12.5. The molecule has 3 rings (SSSR count). The quantitative estimate of drug-likeness (QED) is 0.568. The second-order valence-corrected chi connectivity index (χ2v) is 7.91. The highest BCUT2D eigenvalue weighted by Gasteiger charge is 2.15. The highest BCUT2D eigenvalue weighted by Crippen LogP contribution is 2.26. The molecule has 0 unspecified atom stereocenters. The number of ether oxygens (including phenoxy) is 2. The van der Waals surface area contributed by atoms with Crippen molar-refractivity contribution in [2.24, 2.45) is 0 Å². The SMILES string of the molecule is COc1ccc(CNS(=O)(=O)c2ccc(N)cc2)c(OCc2ccccc2)c1. The topological polar surface area (TPSA) is 90.7 Å². The van der Waals surface area contributed by atoms with Crippen molar-refractivity contribution in [2.75, 3.05) is 12.8 Å². The Morgan fingerprint density at radius 1 is 0.964 bits per heavy atom. The second kappa shape index (κ2) is 8.77. The summed E-state index contributed by atoms with van der Waals surface area (Å²) in [5, 5.41) is 0. The normalized spacial score (nSPS) is 11.2. The van der Waals surface area contributed by atoms with Crippen LogP contribution in [-0.2, 0) is 23.2 Å².